The highest BCUT2D eigenvalue weighted by Gasteiger charge is 2.49. The fourth-order valence-corrected chi connectivity index (χ4v) is 5.93. The molecule has 0 saturated carbocycles. The number of anilines is 3. The molecule has 3 aliphatic rings. The SMILES string of the molecule is C=CC(=O)N1CC2(CCN(c3nc(OC[C@@H]4CCCN4C)nc(N(C)c4ccccc4C(N)=O)c3C#N)C2)C1. The number of carbonyl (C=O) groups excluding carboxylic acids is 2. The summed E-state index contributed by atoms with van der Waals surface area (Å²) in [6, 6.07) is 9.71. The predicted octanol–water partition coefficient (Wildman–Crippen LogP) is 1.91. The smallest absolute Gasteiger partial charge is 0.320 e. The lowest BCUT2D eigenvalue weighted by atomic mass is 9.79. The summed E-state index contributed by atoms with van der Waals surface area (Å²) in [5.41, 5.74) is 6.74. The van der Waals surface area contributed by atoms with E-state index < -0.39 is 5.91 Å². The van der Waals surface area contributed by atoms with Gasteiger partial charge in [0.15, 0.2) is 11.6 Å². The van der Waals surface area contributed by atoms with E-state index in [-0.39, 0.29) is 28.9 Å². The van der Waals surface area contributed by atoms with Gasteiger partial charge in [-0.2, -0.15) is 15.2 Å². The van der Waals surface area contributed by atoms with Crippen molar-refractivity contribution in [2.75, 3.05) is 63.2 Å². The maximum Gasteiger partial charge on any atom is 0.320 e. The van der Waals surface area contributed by atoms with Gasteiger partial charge in [-0.05, 0) is 51.1 Å². The molecule has 3 aliphatic heterocycles. The first kappa shape index (κ1) is 26.4. The number of rotatable bonds is 8. The van der Waals surface area contributed by atoms with Gasteiger partial charge in [-0.3, -0.25) is 9.59 Å². The maximum atomic E-state index is 12.2. The number of nitrogens with two attached hydrogens (primary N) is 1. The van der Waals surface area contributed by atoms with Gasteiger partial charge in [-0.1, -0.05) is 18.7 Å². The lowest BCUT2D eigenvalue weighted by Gasteiger charge is -2.47. The predicted molar refractivity (Wildman–Crippen MR) is 147 cm³/mol. The Bertz CT molecular complexity index is 1330. The topological polar surface area (TPSA) is 132 Å². The van der Waals surface area contributed by atoms with E-state index in [0.29, 0.717) is 55.7 Å². The Morgan fingerprint density at radius 3 is 2.72 bits per heavy atom. The Kier molecular flexibility index (Phi) is 7.14. The van der Waals surface area contributed by atoms with Gasteiger partial charge in [0.2, 0.25) is 5.91 Å². The van der Waals surface area contributed by atoms with Crippen LogP contribution in [0.25, 0.3) is 0 Å². The van der Waals surface area contributed by atoms with Crippen LogP contribution in [-0.2, 0) is 4.79 Å². The normalized spacial score (nSPS) is 20.0. The molecule has 3 saturated heterocycles. The number of carbonyl (C=O) groups is 2. The second-order valence-corrected chi connectivity index (χ2v) is 10.7. The summed E-state index contributed by atoms with van der Waals surface area (Å²) in [6.45, 7) is 7.69. The van der Waals surface area contributed by atoms with Crippen molar-refractivity contribution in [3.8, 4) is 12.1 Å². The van der Waals surface area contributed by atoms with Crippen LogP contribution < -0.4 is 20.3 Å². The van der Waals surface area contributed by atoms with Gasteiger partial charge in [-0.25, -0.2) is 0 Å². The number of nitriles is 1. The molecule has 0 radical (unpaired) electrons. The number of hydrogen-bond acceptors (Lipinski definition) is 9. The lowest BCUT2D eigenvalue weighted by molar-refractivity contribution is -0.136. The molecule has 1 atom stereocenters. The number of likely N-dealkylation sites (tertiary alicyclic amines) is 2. The van der Waals surface area contributed by atoms with Crippen molar-refractivity contribution >= 4 is 29.1 Å². The first-order valence-corrected chi connectivity index (χ1v) is 13.2. The van der Waals surface area contributed by atoms with E-state index in [2.05, 4.69) is 34.5 Å². The molecule has 1 aromatic heterocycles. The van der Waals surface area contributed by atoms with Crippen LogP contribution in [0.15, 0.2) is 36.9 Å². The number of hydrogen-bond donors (Lipinski definition) is 1. The number of ether oxygens (including phenoxy) is 1. The largest absolute Gasteiger partial charge is 0.462 e. The first-order chi connectivity index (χ1) is 18.7. The third-order valence-electron chi connectivity index (χ3n) is 8.16. The van der Waals surface area contributed by atoms with Gasteiger partial charge in [0.1, 0.15) is 18.2 Å². The molecular formula is C28H34N8O3. The Labute approximate surface area is 228 Å². The summed E-state index contributed by atoms with van der Waals surface area (Å²) in [5, 5.41) is 10.3. The van der Waals surface area contributed by atoms with E-state index in [0.717, 1.165) is 25.8 Å². The third kappa shape index (κ3) is 5.00. The summed E-state index contributed by atoms with van der Waals surface area (Å²) in [4.78, 5) is 41.4. The van der Waals surface area contributed by atoms with E-state index >= 15 is 0 Å². The Morgan fingerprint density at radius 2 is 2.05 bits per heavy atom. The molecule has 2 N–H and O–H groups in total. The number of para-hydroxylation sites is 1. The van der Waals surface area contributed by atoms with Crippen LogP contribution in [0.1, 0.15) is 35.2 Å². The number of amides is 2. The second kappa shape index (κ2) is 10.5. The zero-order chi connectivity index (χ0) is 27.7. The molecule has 0 unspecified atom stereocenters. The maximum absolute atomic E-state index is 12.2. The van der Waals surface area contributed by atoms with Crippen molar-refractivity contribution in [1.29, 1.82) is 5.26 Å². The van der Waals surface area contributed by atoms with Crippen LogP contribution >= 0.6 is 0 Å². The van der Waals surface area contributed by atoms with Crippen LogP contribution in [0.3, 0.4) is 0 Å². The summed E-state index contributed by atoms with van der Waals surface area (Å²) >= 11 is 0. The molecule has 39 heavy (non-hydrogen) atoms. The van der Waals surface area contributed by atoms with Crippen molar-refractivity contribution < 1.29 is 14.3 Å². The highest BCUT2D eigenvalue weighted by atomic mass is 16.5. The van der Waals surface area contributed by atoms with Crippen LogP contribution in [0.5, 0.6) is 6.01 Å². The molecule has 0 bridgehead atoms. The summed E-state index contributed by atoms with van der Waals surface area (Å²) in [5.74, 6) is 0.189. The van der Waals surface area contributed by atoms with Crippen LogP contribution in [0.4, 0.5) is 17.3 Å². The molecule has 11 nitrogen and oxygen atoms in total. The van der Waals surface area contributed by atoms with Gasteiger partial charge in [-0.15, -0.1) is 0 Å². The molecule has 0 aliphatic carbocycles. The highest BCUT2D eigenvalue weighted by molar-refractivity contribution is 5.99. The number of nitrogens with zero attached hydrogens (tertiary/aromatic N) is 7. The second-order valence-electron chi connectivity index (χ2n) is 10.7. The van der Waals surface area contributed by atoms with Gasteiger partial charge in [0.05, 0.1) is 11.3 Å². The van der Waals surface area contributed by atoms with Crippen LogP contribution in [-0.4, -0.2) is 91.0 Å². The molecule has 5 rings (SSSR count). The Balaban J connectivity index is 1.50. The molecule has 11 heteroatoms. The van der Waals surface area contributed by atoms with E-state index in [9.17, 15) is 14.9 Å². The monoisotopic (exact) mass is 530 g/mol. The van der Waals surface area contributed by atoms with E-state index in [1.807, 2.05) is 0 Å². The molecule has 4 heterocycles. The zero-order valence-electron chi connectivity index (χ0n) is 22.5. The average Bonchev–Trinajstić information content (AvgIpc) is 3.56. The van der Waals surface area contributed by atoms with Crippen LogP contribution in [0.2, 0.25) is 0 Å². The summed E-state index contributed by atoms with van der Waals surface area (Å²) in [6.07, 6.45) is 4.37. The molecule has 2 aromatic rings. The standard InChI is InChI=1S/C28H34N8O3/c1-4-23(37)36-17-28(18-36)11-13-35(16-28)26-21(14-29)25(34(3)22-10-6-5-9-20(22)24(30)38)31-27(32-26)39-15-19-8-7-12-33(19)2/h4-6,9-10,19H,1,7-8,11-13,15-18H2,2-3H3,(H2,30,38)/t19-/m0/s1. The Morgan fingerprint density at radius 1 is 1.28 bits per heavy atom. The van der Waals surface area contributed by atoms with Crippen molar-refractivity contribution in [2.45, 2.75) is 25.3 Å². The highest BCUT2D eigenvalue weighted by Crippen LogP contribution is 2.43. The molecule has 2 amide bonds. The molecule has 3 fully saturated rings. The molecular weight excluding hydrogens is 496 g/mol. The number of likely N-dealkylation sites (N-methyl/N-ethyl adjacent to an activating group) is 1. The van der Waals surface area contributed by atoms with E-state index in [1.165, 1.54) is 6.08 Å². The first-order valence-electron chi connectivity index (χ1n) is 13.2. The fraction of sp³-hybridized carbons (Fsp3) is 0.464. The minimum Gasteiger partial charge on any atom is -0.462 e. The average molecular weight is 531 g/mol. The summed E-state index contributed by atoms with van der Waals surface area (Å²) < 4.78 is 6.14. The van der Waals surface area contributed by atoms with Crippen LogP contribution in [0, 0.1) is 16.7 Å². The molecule has 1 spiro atoms. The third-order valence-corrected chi connectivity index (χ3v) is 8.16. The van der Waals surface area contributed by atoms with Crippen molar-refractivity contribution in [3.05, 3.63) is 48.0 Å². The molecule has 1 aromatic carbocycles. The number of aromatic nitrogens is 2. The summed E-state index contributed by atoms with van der Waals surface area (Å²) in [7, 11) is 3.83. The van der Waals surface area contributed by atoms with Gasteiger partial charge >= 0.3 is 6.01 Å². The van der Waals surface area contributed by atoms with E-state index in [1.54, 1.807) is 41.1 Å². The lowest BCUT2D eigenvalue weighted by Crippen LogP contribution is -2.59. The minimum absolute atomic E-state index is 0.0471. The quantitative estimate of drug-likeness (QED) is 0.508. The van der Waals surface area contributed by atoms with Crippen molar-refractivity contribution in [1.82, 2.24) is 19.8 Å². The van der Waals surface area contributed by atoms with Crippen molar-refractivity contribution in [2.24, 2.45) is 11.1 Å². The van der Waals surface area contributed by atoms with Gasteiger partial charge in [0.25, 0.3) is 5.91 Å². The van der Waals surface area contributed by atoms with Crippen molar-refractivity contribution in [3.63, 3.8) is 0 Å². The number of primary amides is 1. The fourth-order valence-electron chi connectivity index (χ4n) is 5.93. The minimum atomic E-state index is -0.573. The molecule has 204 valence electrons. The van der Waals surface area contributed by atoms with Gasteiger partial charge in [0, 0.05) is 44.7 Å². The zero-order valence-corrected chi connectivity index (χ0v) is 22.5. The van der Waals surface area contributed by atoms with E-state index in [4.69, 9.17) is 15.5 Å². The Hall–Kier alpha value is -4.17. The van der Waals surface area contributed by atoms with Gasteiger partial charge < -0.3 is 30.1 Å². The number of benzene rings is 1.